The highest BCUT2D eigenvalue weighted by atomic mass is 32.1. The van der Waals surface area contributed by atoms with Crippen LogP contribution in [-0.2, 0) is 4.79 Å². The number of rotatable bonds is 2. The van der Waals surface area contributed by atoms with Gasteiger partial charge in [0.2, 0.25) is 11.0 Å². The number of carbonyl (C=O) groups is 1. The summed E-state index contributed by atoms with van der Waals surface area (Å²) in [6, 6.07) is 0. The van der Waals surface area contributed by atoms with E-state index in [1.165, 1.54) is 24.3 Å². The van der Waals surface area contributed by atoms with Crippen LogP contribution in [-0.4, -0.2) is 15.3 Å². The second-order valence-corrected chi connectivity index (χ2v) is 3.64. The number of amides is 1. The summed E-state index contributed by atoms with van der Waals surface area (Å²) < 4.78 is 3.79. The van der Waals surface area contributed by atoms with Gasteiger partial charge in [0.15, 0.2) is 0 Å². The molecular weight excluding hydrogens is 174 g/mol. The van der Waals surface area contributed by atoms with Crippen LogP contribution in [0.2, 0.25) is 0 Å². The Balaban J connectivity index is 1.90. The second kappa shape index (κ2) is 3.18. The van der Waals surface area contributed by atoms with E-state index in [0.29, 0.717) is 5.13 Å². The molecule has 1 amide bonds. The molecule has 0 saturated heterocycles. The van der Waals surface area contributed by atoms with Gasteiger partial charge < -0.3 is 5.32 Å². The molecule has 2 rings (SSSR count). The summed E-state index contributed by atoms with van der Waals surface area (Å²) in [6.45, 7) is 0. The van der Waals surface area contributed by atoms with Crippen LogP contribution < -0.4 is 5.32 Å². The standard InChI is InChI=1S/C7H9N3OS/c11-6(5-2-1-3-5)10-7-8-4-9-12-7/h4-5H,1-3H2,(H,8,9,10,11). The third kappa shape index (κ3) is 1.45. The van der Waals surface area contributed by atoms with Gasteiger partial charge in [0, 0.05) is 17.5 Å². The van der Waals surface area contributed by atoms with Crippen molar-refractivity contribution in [3.05, 3.63) is 6.33 Å². The molecule has 1 aromatic heterocycles. The smallest absolute Gasteiger partial charge is 0.229 e. The highest BCUT2D eigenvalue weighted by molar-refractivity contribution is 7.09. The Morgan fingerprint density at radius 3 is 3.00 bits per heavy atom. The van der Waals surface area contributed by atoms with E-state index in [2.05, 4.69) is 14.7 Å². The van der Waals surface area contributed by atoms with Crippen LogP contribution in [0.15, 0.2) is 6.33 Å². The van der Waals surface area contributed by atoms with E-state index < -0.39 is 0 Å². The highest BCUT2D eigenvalue weighted by Crippen LogP contribution is 2.27. The minimum Gasteiger partial charge on any atom is -0.300 e. The van der Waals surface area contributed by atoms with Crippen LogP contribution in [0.3, 0.4) is 0 Å². The summed E-state index contributed by atoms with van der Waals surface area (Å²) in [5, 5.41) is 3.33. The van der Waals surface area contributed by atoms with Crippen LogP contribution in [0, 0.1) is 5.92 Å². The topological polar surface area (TPSA) is 54.9 Å². The third-order valence-corrected chi connectivity index (χ3v) is 2.65. The fourth-order valence-electron chi connectivity index (χ4n) is 1.11. The van der Waals surface area contributed by atoms with Crippen molar-refractivity contribution in [3.63, 3.8) is 0 Å². The molecule has 1 fully saturated rings. The van der Waals surface area contributed by atoms with Gasteiger partial charge in [-0.25, -0.2) is 4.98 Å². The Kier molecular flexibility index (Phi) is 2.03. The van der Waals surface area contributed by atoms with Gasteiger partial charge in [-0.2, -0.15) is 4.37 Å². The molecule has 1 N–H and O–H groups in total. The molecule has 1 saturated carbocycles. The molecule has 5 heteroatoms. The summed E-state index contributed by atoms with van der Waals surface area (Å²) in [6.07, 6.45) is 4.66. The van der Waals surface area contributed by atoms with Crippen molar-refractivity contribution in [3.8, 4) is 0 Å². The minimum absolute atomic E-state index is 0.0954. The molecular formula is C7H9N3OS. The second-order valence-electron chi connectivity index (χ2n) is 2.86. The molecule has 0 aliphatic heterocycles. The maximum absolute atomic E-state index is 11.3. The first kappa shape index (κ1) is 7.67. The first-order chi connectivity index (χ1) is 5.86. The molecule has 1 aliphatic rings. The lowest BCUT2D eigenvalue weighted by Gasteiger charge is -2.23. The van der Waals surface area contributed by atoms with Crippen molar-refractivity contribution < 1.29 is 4.79 Å². The van der Waals surface area contributed by atoms with Crippen molar-refractivity contribution in [1.82, 2.24) is 9.36 Å². The number of nitrogens with zero attached hydrogens (tertiary/aromatic N) is 2. The van der Waals surface area contributed by atoms with E-state index in [0.717, 1.165) is 12.8 Å². The summed E-state index contributed by atoms with van der Waals surface area (Å²) in [4.78, 5) is 15.2. The molecule has 1 heterocycles. The average Bonchev–Trinajstić information content (AvgIpc) is 2.34. The van der Waals surface area contributed by atoms with Gasteiger partial charge in [0.05, 0.1) is 0 Å². The van der Waals surface area contributed by atoms with Crippen molar-refractivity contribution in [2.24, 2.45) is 5.92 Å². The number of nitrogens with one attached hydrogen (secondary N) is 1. The van der Waals surface area contributed by atoms with Crippen molar-refractivity contribution in [2.75, 3.05) is 5.32 Å². The van der Waals surface area contributed by atoms with E-state index >= 15 is 0 Å². The maximum atomic E-state index is 11.3. The molecule has 0 bridgehead atoms. The molecule has 1 aromatic rings. The predicted octanol–water partition coefficient (Wildman–Crippen LogP) is 1.28. The van der Waals surface area contributed by atoms with Crippen LogP contribution in [0.1, 0.15) is 19.3 Å². The monoisotopic (exact) mass is 183 g/mol. The lowest BCUT2D eigenvalue weighted by molar-refractivity contribution is -0.122. The molecule has 0 aromatic carbocycles. The lowest BCUT2D eigenvalue weighted by atomic mass is 9.85. The van der Waals surface area contributed by atoms with E-state index in [1.807, 2.05) is 0 Å². The Morgan fingerprint density at radius 2 is 2.50 bits per heavy atom. The molecule has 1 aliphatic carbocycles. The van der Waals surface area contributed by atoms with Crippen LogP contribution in [0.5, 0.6) is 0 Å². The normalized spacial score (nSPS) is 17.0. The van der Waals surface area contributed by atoms with Gasteiger partial charge in [-0.05, 0) is 12.8 Å². The zero-order chi connectivity index (χ0) is 8.39. The van der Waals surface area contributed by atoms with Crippen LogP contribution >= 0.6 is 11.5 Å². The van der Waals surface area contributed by atoms with Crippen LogP contribution in [0.4, 0.5) is 5.13 Å². The SMILES string of the molecule is O=C(Nc1ncns1)C1CCC1. The first-order valence-corrected chi connectivity index (χ1v) is 4.71. The summed E-state index contributed by atoms with van der Waals surface area (Å²) in [7, 11) is 0. The molecule has 0 unspecified atom stereocenters. The fraction of sp³-hybridized carbons (Fsp3) is 0.571. The van der Waals surface area contributed by atoms with Gasteiger partial charge in [-0.1, -0.05) is 6.42 Å². The van der Waals surface area contributed by atoms with Crippen molar-refractivity contribution in [2.45, 2.75) is 19.3 Å². The maximum Gasteiger partial charge on any atom is 0.229 e. The number of carbonyl (C=O) groups excluding carboxylic acids is 1. The first-order valence-electron chi connectivity index (χ1n) is 3.94. The van der Waals surface area contributed by atoms with Gasteiger partial charge in [0.1, 0.15) is 6.33 Å². The third-order valence-electron chi connectivity index (χ3n) is 2.07. The number of hydrogen-bond acceptors (Lipinski definition) is 4. The lowest BCUT2D eigenvalue weighted by Crippen LogP contribution is -2.27. The Labute approximate surface area is 74.2 Å². The van der Waals surface area contributed by atoms with E-state index in [-0.39, 0.29) is 11.8 Å². The molecule has 4 nitrogen and oxygen atoms in total. The van der Waals surface area contributed by atoms with Gasteiger partial charge in [0.25, 0.3) is 0 Å². The molecule has 12 heavy (non-hydrogen) atoms. The Bertz CT molecular complexity index is 268. The fourth-order valence-corrected chi connectivity index (χ4v) is 1.54. The van der Waals surface area contributed by atoms with Crippen molar-refractivity contribution >= 4 is 22.6 Å². The minimum atomic E-state index is 0.0954. The highest BCUT2D eigenvalue weighted by Gasteiger charge is 2.25. The predicted molar refractivity (Wildman–Crippen MR) is 45.9 cm³/mol. The molecule has 0 radical (unpaired) electrons. The average molecular weight is 183 g/mol. The van der Waals surface area contributed by atoms with Gasteiger partial charge in [-0.15, -0.1) is 0 Å². The molecule has 64 valence electrons. The van der Waals surface area contributed by atoms with E-state index in [9.17, 15) is 4.79 Å². The van der Waals surface area contributed by atoms with Crippen molar-refractivity contribution in [1.29, 1.82) is 0 Å². The molecule has 0 atom stereocenters. The van der Waals surface area contributed by atoms with E-state index in [4.69, 9.17) is 0 Å². The Hall–Kier alpha value is -0.970. The largest absolute Gasteiger partial charge is 0.300 e. The number of anilines is 1. The summed E-state index contributed by atoms with van der Waals surface area (Å²) in [5.74, 6) is 0.312. The number of aromatic nitrogens is 2. The zero-order valence-corrected chi connectivity index (χ0v) is 7.30. The van der Waals surface area contributed by atoms with E-state index in [1.54, 1.807) is 0 Å². The summed E-state index contributed by atoms with van der Waals surface area (Å²) >= 11 is 1.21. The van der Waals surface area contributed by atoms with Gasteiger partial charge >= 0.3 is 0 Å². The molecule has 0 spiro atoms. The number of hydrogen-bond donors (Lipinski definition) is 1. The van der Waals surface area contributed by atoms with Crippen LogP contribution in [0.25, 0.3) is 0 Å². The summed E-state index contributed by atoms with van der Waals surface area (Å²) in [5.41, 5.74) is 0. The zero-order valence-electron chi connectivity index (χ0n) is 6.49. The quantitative estimate of drug-likeness (QED) is 0.751. The Morgan fingerprint density at radius 1 is 1.67 bits per heavy atom. The van der Waals surface area contributed by atoms with Gasteiger partial charge in [-0.3, -0.25) is 4.79 Å².